The maximum Gasteiger partial charge on any atom is 0.339 e. The molecule has 0 saturated heterocycles. The summed E-state index contributed by atoms with van der Waals surface area (Å²) < 4.78 is 6.49. The van der Waals surface area contributed by atoms with Crippen LogP contribution in [0.25, 0.3) is 16.3 Å². The first kappa shape index (κ1) is 10.9. The van der Waals surface area contributed by atoms with Crippen LogP contribution in [0.3, 0.4) is 0 Å². The van der Waals surface area contributed by atoms with Gasteiger partial charge in [0.1, 0.15) is 0 Å². The first-order chi connectivity index (χ1) is 8.79. The van der Waals surface area contributed by atoms with E-state index in [1.54, 1.807) is 34.1 Å². The Morgan fingerprint density at radius 2 is 2.22 bits per heavy atom. The molecule has 0 unspecified atom stereocenters. The number of carbonyl (C=O) groups excluding carboxylic acids is 1. The number of fused-ring (bicyclic) bond motifs is 1. The third-order valence-electron chi connectivity index (χ3n) is 2.56. The van der Waals surface area contributed by atoms with E-state index in [0.29, 0.717) is 11.2 Å². The zero-order valence-corrected chi connectivity index (χ0v) is 10.3. The van der Waals surface area contributed by atoms with Gasteiger partial charge in [-0.2, -0.15) is 0 Å². The fraction of sp³-hybridized carbons (Fsp3) is 0.0833. The molecule has 3 heterocycles. The van der Waals surface area contributed by atoms with Crippen LogP contribution in [0.2, 0.25) is 0 Å². The molecule has 5 nitrogen and oxygen atoms in total. The van der Waals surface area contributed by atoms with E-state index in [1.165, 1.54) is 7.11 Å². The van der Waals surface area contributed by atoms with E-state index in [0.717, 1.165) is 10.7 Å². The van der Waals surface area contributed by atoms with Gasteiger partial charge in [0, 0.05) is 6.20 Å². The zero-order chi connectivity index (χ0) is 12.5. The Kier molecular flexibility index (Phi) is 2.56. The summed E-state index contributed by atoms with van der Waals surface area (Å²) in [5.74, 6) is 0.355. The van der Waals surface area contributed by atoms with Crippen LogP contribution in [-0.4, -0.2) is 27.7 Å². The molecular weight excluding hydrogens is 250 g/mol. The maximum absolute atomic E-state index is 11.5. The fourth-order valence-corrected chi connectivity index (χ4v) is 2.41. The smallest absolute Gasteiger partial charge is 0.339 e. The topological polar surface area (TPSA) is 56.5 Å². The monoisotopic (exact) mass is 259 g/mol. The number of hydrogen-bond acceptors (Lipinski definition) is 5. The summed E-state index contributed by atoms with van der Waals surface area (Å²) in [6.45, 7) is 0. The van der Waals surface area contributed by atoms with Crippen LogP contribution in [-0.2, 0) is 4.74 Å². The molecule has 0 atom stereocenters. The molecule has 0 aliphatic rings. The highest BCUT2D eigenvalue weighted by Gasteiger charge is 2.12. The molecular formula is C12H9N3O2S. The van der Waals surface area contributed by atoms with Crippen LogP contribution < -0.4 is 0 Å². The Balaban J connectivity index is 2.19. The Morgan fingerprint density at radius 3 is 2.94 bits per heavy atom. The predicted molar refractivity (Wildman–Crippen MR) is 67.6 cm³/mol. The molecule has 0 radical (unpaired) electrons. The minimum Gasteiger partial charge on any atom is -0.465 e. The summed E-state index contributed by atoms with van der Waals surface area (Å²) in [5.41, 5.74) is 1.17. The van der Waals surface area contributed by atoms with Gasteiger partial charge in [0.15, 0.2) is 11.5 Å². The van der Waals surface area contributed by atoms with Gasteiger partial charge < -0.3 is 4.74 Å². The molecule has 0 N–H and O–H groups in total. The van der Waals surface area contributed by atoms with Crippen molar-refractivity contribution in [2.45, 2.75) is 0 Å². The number of carbonyl (C=O) groups is 1. The molecule has 3 aromatic heterocycles. The van der Waals surface area contributed by atoms with Crippen molar-refractivity contribution in [3.63, 3.8) is 0 Å². The van der Waals surface area contributed by atoms with Crippen LogP contribution in [0.4, 0.5) is 0 Å². The highest BCUT2D eigenvalue weighted by Crippen LogP contribution is 2.23. The minimum absolute atomic E-state index is 0.372. The van der Waals surface area contributed by atoms with Gasteiger partial charge in [0.25, 0.3) is 0 Å². The second kappa shape index (κ2) is 4.23. The van der Waals surface area contributed by atoms with Gasteiger partial charge >= 0.3 is 5.97 Å². The largest absolute Gasteiger partial charge is 0.465 e. The van der Waals surface area contributed by atoms with Crippen molar-refractivity contribution >= 4 is 23.0 Å². The second-order valence-electron chi connectivity index (χ2n) is 3.64. The third-order valence-corrected chi connectivity index (χ3v) is 3.43. The lowest BCUT2D eigenvalue weighted by atomic mass is 10.3. The number of hydrogen-bond donors (Lipinski definition) is 0. The molecule has 3 aromatic rings. The average Bonchev–Trinajstić information content (AvgIpc) is 3.05. The minimum atomic E-state index is -0.372. The Labute approximate surface area is 107 Å². The molecule has 90 valence electrons. The number of esters is 1. The molecule has 0 amide bonds. The van der Waals surface area contributed by atoms with E-state index in [2.05, 4.69) is 10.2 Å². The summed E-state index contributed by atoms with van der Waals surface area (Å²) in [6, 6.07) is 7.33. The highest BCUT2D eigenvalue weighted by atomic mass is 32.1. The summed E-state index contributed by atoms with van der Waals surface area (Å²) >= 11 is 1.58. The second-order valence-corrected chi connectivity index (χ2v) is 4.59. The lowest BCUT2D eigenvalue weighted by Gasteiger charge is -2.01. The van der Waals surface area contributed by atoms with Gasteiger partial charge in [-0.1, -0.05) is 6.07 Å². The quantitative estimate of drug-likeness (QED) is 0.662. The van der Waals surface area contributed by atoms with E-state index in [-0.39, 0.29) is 5.97 Å². The third kappa shape index (κ3) is 1.67. The zero-order valence-electron chi connectivity index (χ0n) is 9.53. The summed E-state index contributed by atoms with van der Waals surface area (Å²) in [6.07, 6.45) is 1.69. The molecule has 0 spiro atoms. The van der Waals surface area contributed by atoms with Crippen LogP contribution in [0, 0.1) is 0 Å². The fourth-order valence-electron chi connectivity index (χ4n) is 1.70. The molecule has 0 fully saturated rings. The SMILES string of the molecule is COC(=O)c1ccc2nnc(-c3cccs3)n2c1. The van der Waals surface area contributed by atoms with Gasteiger partial charge in [-0.3, -0.25) is 4.40 Å². The number of methoxy groups -OCH3 is 1. The van der Waals surface area contributed by atoms with E-state index in [1.807, 2.05) is 17.5 Å². The lowest BCUT2D eigenvalue weighted by Crippen LogP contribution is -2.03. The van der Waals surface area contributed by atoms with E-state index in [4.69, 9.17) is 4.74 Å². The van der Waals surface area contributed by atoms with Gasteiger partial charge in [-0.15, -0.1) is 21.5 Å². The average molecular weight is 259 g/mol. The lowest BCUT2D eigenvalue weighted by molar-refractivity contribution is 0.0600. The van der Waals surface area contributed by atoms with Crippen LogP contribution in [0.1, 0.15) is 10.4 Å². The molecule has 0 aromatic carbocycles. The van der Waals surface area contributed by atoms with Crippen molar-refractivity contribution in [1.29, 1.82) is 0 Å². The predicted octanol–water partition coefficient (Wildman–Crippen LogP) is 2.24. The molecule has 6 heteroatoms. The van der Waals surface area contributed by atoms with Gasteiger partial charge in [0.05, 0.1) is 17.6 Å². The Hall–Kier alpha value is -2.21. The molecule has 3 rings (SSSR count). The summed E-state index contributed by atoms with van der Waals surface area (Å²) in [7, 11) is 1.36. The Morgan fingerprint density at radius 1 is 1.33 bits per heavy atom. The molecule has 18 heavy (non-hydrogen) atoms. The number of aromatic nitrogens is 3. The van der Waals surface area contributed by atoms with E-state index >= 15 is 0 Å². The van der Waals surface area contributed by atoms with Crippen molar-refractivity contribution in [3.05, 3.63) is 41.4 Å². The number of rotatable bonds is 2. The van der Waals surface area contributed by atoms with Gasteiger partial charge in [0.2, 0.25) is 0 Å². The van der Waals surface area contributed by atoms with Crippen molar-refractivity contribution in [2.75, 3.05) is 7.11 Å². The van der Waals surface area contributed by atoms with E-state index < -0.39 is 0 Å². The first-order valence-corrected chi connectivity index (χ1v) is 6.14. The molecule has 0 saturated carbocycles. The number of nitrogens with zero attached hydrogens (tertiary/aromatic N) is 3. The normalized spacial score (nSPS) is 10.7. The van der Waals surface area contributed by atoms with Crippen molar-refractivity contribution in [3.8, 4) is 10.7 Å². The van der Waals surface area contributed by atoms with Crippen LogP contribution >= 0.6 is 11.3 Å². The molecule has 0 bridgehead atoms. The highest BCUT2D eigenvalue weighted by molar-refractivity contribution is 7.13. The van der Waals surface area contributed by atoms with Crippen LogP contribution in [0.15, 0.2) is 35.8 Å². The number of pyridine rings is 1. The maximum atomic E-state index is 11.5. The van der Waals surface area contributed by atoms with Crippen molar-refractivity contribution in [1.82, 2.24) is 14.6 Å². The van der Waals surface area contributed by atoms with Crippen LogP contribution in [0.5, 0.6) is 0 Å². The van der Waals surface area contributed by atoms with E-state index in [9.17, 15) is 4.79 Å². The van der Waals surface area contributed by atoms with Gasteiger partial charge in [-0.25, -0.2) is 4.79 Å². The first-order valence-electron chi connectivity index (χ1n) is 5.26. The van der Waals surface area contributed by atoms with Gasteiger partial charge in [-0.05, 0) is 23.6 Å². The Bertz CT molecular complexity index is 703. The van der Waals surface area contributed by atoms with Crippen molar-refractivity contribution in [2.24, 2.45) is 0 Å². The molecule has 0 aliphatic carbocycles. The number of ether oxygens (including phenoxy) is 1. The summed E-state index contributed by atoms with van der Waals surface area (Å²) in [4.78, 5) is 12.5. The standard InChI is InChI=1S/C12H9N3O2S/c1-17-12(16)8-4-5-10-13-14-11(15(10)7-8)9-3-2-6-18-9/h2-7H,1H3. The van der Waals surface area contributed by atoms with Crippen molar-refractivity contribution < 1.29 is 9.53 Å². The number of thiophene rings is 1. The summed E-state index contributed by atoms with van der Waals surface area (Å²) in [5, 5.41) is 10.2. The molecule has 0 aliphatic heterocycles.